The quantitative estimate of drug-likeness (QED) is 0.292. The van der Waals surface area contributed by atoms with E-state index < -0.39 is 5.97 Å². The van der Waals surface area contributed by atoms with Crippen LogP contribution in [0, 0.1) is 0 Å². The van der Waals surface area contributed by atoms with Gasteiger partial charge >= 0.3 is 5.97 Å². The summed E-state index contributed by atoms with van der Waals surface area (Å²) in [6.07, 6.45) is 0.674. The Balaban J connectivity index is 0.00000258. The number of carboxylic acids is 1. The Kier molecular flexibility index (Phi) is 17.5. The van der Waals surface area contributed by atoms with Crippen LogP contribution >= 0.6 is 12.2 Å². The number of benzene rings is 1. The fourth-order valence-electron chi connectivity index (χ4n) is 3.54. The van der Waals surface area contributed by atoms with Crippen molar-refractivity contribution in [1.29, 1.82) is 0 Å². The molecule has 0 bridgehead atoms. The van der Waals surface area contributed by atoms with Crippen molar-refractivity contribution in [3.63, 3.8) is 0 Å². The minimum absolute atomic E-state index is 0.0466. The summed E-state index contributed by atoms with van der Waals surface area (Å²) in [5, 5.41) is 35.5. The van der Waals surface area contributed by atoms with Crippen molar-refractivity contribution >= 4 is 42.6 Å². The number of anilines is 1. The summed E-state index contributed by atoms with van der Waals surface area (Å²) in [5.74, 6) is -0.883. The lowest BCUT2D eigenvalue weighted by atomic mass is 10.0. The van der Waals surface area contributed by atoms with Gasteiger partial charge in [-0.2, -0.15) is 0 Å². The zero-order valence-electron chi connectivity index (χ0n) is 19.7. The standard InChI is InChI=1S/C20H33N5O4S.2CH2O/c1-2-21-20(30)22-17-5-3-16(4-6-17)11-18-12-24(13-19(28)29)8-7-23(14-26)9-10-25(18)15-27;2*1-2/h3-6,18,26-27H,2,7-15H2,1H3,(H,28,29)(H2,21,22,30);2*1H2. The minimum Gasteiger partial charge on any atom is -0.480 e. The molecule has 1 aliphatic rings. The number of rotatable bonds is 8. The second-order valence-electron chi connectivity index (χ2n) is 7.38. The van der Waals surface area contributed by atoms with Gasteiger partial charge < -0.3 is 35.5 Å². The summed E-state index contributed by atoms with van der Waals surface area (Å²) in [5.41, 5.74) is 1.98. The first-order valence-electron chi connectivity index (χ1n) is 10.8. The van der Waals surface area contributed by atoms with Gasteiger partial charge in [-0.15, -0.1) is 0 Å². The smallest absolute Gasteiger partial charge is 0.317 e. The van der Waals surface area contributed by atoms with Gasteiger partial charge in [0.25, 0.3) is 0 Å². The van der Waals surface area contributed by atoms with E-state index >= 15 is 0 Å². The van der Waals surface area contributed by atoms with E-state index in [2.05, 4.69) is 10.6 Å². The second kappa shape index (κ2) is 18.9. The van der Waals surface area contributed by atoms with E-state index in [-0.39, 0.29) is 26.0 Å². The number of carbonyl (C=O) groups is 3. The van der Waals surface area contributed by atoms with Crippen molar-refractivity contribution in [1.82, 2.24) is 20.0 Å². The third-order valence-corrected chi connectivity index (χ3v) is 5.43. The summed E-state index contributed by atoms with van der Waals surface area (Å²) >= 11 is 5.21. The highest BCUT2D eigenvalue weighted by Crippen LogP contribution is 2.15. The number of hydrogen-bond acceptors (Lipinski definition) is 9. The molecular weight excluding hydrogens is 462 g/mol. The molecule has 1 aromatic rings. The lowest BCUT2D eigenvalue weighted by Gasteiger charge is -2.33. The number of hydrogen-bond donors (Lipinski definition) is 5. The van der Waals surface area contributed by atoms with Crippen LogP contribution in [0.1, 0.15) is 12.5 Å². The summed E-state index contributed by atoms with van der Waals surface area (Å²) in [4.78, 5) is 33.0. The number of nitrogens with one attached hydrogen (secondary N) is 2. The SMILES string of the molecule is C=O.C=O.CCNC(=S)Nc1ccc(CC2CN(CC(=O)O)CCN(CO)CCN2CO)cc1. The second-order valence-corrected chi connectivity index (χ2v) is 7.79. The van der Waals surface area contributed by atoms with Crippen LogP contribution in [0.5, 0.6) is 0 Å². The molecule has 0 amide bonds. The normalized spacial score (nSPS) is 17.4. The van der Waals surface area contributed by atoms with E-state index in [1.54, 1.807) is 0 Å². The van der Waals surface area contributed by atoms with E-state index in [4.69, 9.17) is 21.8 Å². The monoisotopic (exact) mass is 499 g/mol. The molecule has 1 aromatic carbocycles. The summed E-state index contributed by atoms with van der Waals surface area (Å²) in [6.45, 7) is 9.32. The summed E-state index contributed by atoms with van der Waals surface area (Å²) in [6, 6.07) is 7.90. The maximum Gasteiger partial charge on any atom is 0.317 e. The van der Waals surface area contributed by atoms with Crippen LogP contribution in [0.15, 0.2) is 24.3 Å². The fraction of sp³-hybridized carbons (Fsp3) is 0.545. The lowest BCUT2D eigenvalue weighted by molar-refractivity contribution is -0.138. The van der Waals surface area contributed by atoms with Crippen LogP contribution in [0.3, 0.4) is 0 Å². The zero-order chi connectivity index (χ0) is 25.9. The van der Waals surface area contributed by atoms with Crippen molar-refractivity contribution < 1.29 is 29.7 Å². The third-order valence-electron chi connectivity index (χ3n) is 5.18. The number of carboxylic acid groups (broad SMARTS) is 1. The van der Waals surface area contributed by atoms with Gasteiger partial charge in [-0.05, 0) is 43.3 Å². The highest BCUT2D eigenvalue weighted by atomic mass is 32.1. The molecule has 5 N–H and O–H groups in total. The number of nitrogens with zero attached hydrogens (tertiary/aromatic N) is 3. The van der Waals surface area contributed by atoms with Gasteiger partial charge in [0.15, 0.2) is 5.11 Å². The molecule has 0 spiro atoms. The molecule has 1 heterocycles. The van der Waals surface area contributed by atoms with Gasteiger partial charge in [0.2, 0.25) is 0 Å². The highest BCUT2D eigenvalue weighted by molar-refractivity contribution is 7.80. The predicted octanol–water partition coefficient (Wildman–Crippen LogP) is -0.562. The van der Waals surface area contributed by atoms with Crippen LogP contribution in [0.4, 0.5) is 5.69 Å². The molecule has 1 unspecified atom stereocenters. The number of carbonyl (C=O) groups excluding carboxylic acids is 2. The molecule has 1 atom stereocenters. The molecule has 192 valence electrons. The number of aliphatic carboxylic acids is 1. The topological polar surface area (TPSA) is 146 Å². The third kappa shape index (κ3) is 12.1. The summed E-state index contributed by atoms with van der Waals surface area (Å²) < 4.78 is 0. The van der Waals surface area contributed by atoms with Crippen molar-refractivity contribution in [2.45, 2.75) is 19.4 Å². The Morgan fingerprint density at radius 1 is 1.03 bits per heavy atom. The molecule has 34 heavy (non-hydrogen) atoms. The molecule has 0 aromatic heterocycles. The Bertz CT molecular complexity index is 710. The molecule has 11 nitrogen and oxygen atoms in total. The van der Waals surface area contributed by atoms with E-state index in [1.165, 1.54) is 0 Å². The Morgan fingerprint density at radius 3 is 2.15 bits per heavy atom. The van der Waals surface area contributed by atoms with Crippen molar-refractivity contribution in [3.8, 4) is 0 Å². The van der Waals surface area contributed by atoms with Crippen LogP contribution in [0.2, 0.25) is 0 Å². The van der Waals surface area contributed by atoms with Crippen molar-refractivity contribution in [3.05, 3.63) is 29.8 Å². The Morgan fingerprint density at radius 2 is 1.62 bits per heavy atom. The van der Waals surface area contributed by atoms with Gasteiger partial charge in [0, 0.05) is 51.0 Å². The van der Waals surface area contributed by atoms with Crippen molar-refractivity contribution in [2.24, 2.45) is 0 Å². The number of thiocarbonyl (C=S) groups is 1. The molecular formula is C22H37N5O6S. The maximum atomic E-state index is 11.3. The van der Waals surface area contributed by atoms with Gasteiger partial charge in [-0.1, -0.05) is 12.1 Å². The Labute approximate surface area is 206 Å². The van der Waals surface area contributed by atoms with Gasteiger partial charge in [0.1, 0.15) is 13.6 Å². The zero-order valence-corrected chi connectivity index (χ0v) is 20.5. The molecule has 0 radical (unpaired) electrons. The lowest BCUT2D eigenvalue weighted by Crippen LogP contribution is -2.47. The molecule has 1 aliphatic heterocycles. The van der Waals surface area contributed by atoms with Crippen LogP contribution in [0.25, 0.3) is 0 Å². The van der Waals surface area contributed by atoms with Crippen LogP contribution in [-0.4, -0.2) is 120 Å². The average molecular weight is 500 g/mol. The maximum absolute atomic E-state index is 11.3. The molecule has 0 saturated carbocycles. The summed E-state index contributed by atoms with van der Waals surface area (Å²) in [7, 11) is 0. The highest BCUT2D eigenvalue weighted by Gasteiger charge is 2.25. The van der Waals surface area contributed by atoms with Crippen molar-refractivity contribution in [2.75, 3.05) is 64.6 Å². The van der Waals surface area contributed by atoms with Crippen LogP contribution < -0.4 is 10.6 Å². The minimum atomic E-state index is -0.883. The van der Waals surface area contributed by atoms with Gasteiger partial charge in [-0.25, -0.2) is 0 Å². The van der Waals surface area contributed by atoms with E-state index in [0.717, 1.165) is 17.8 Å². The fourth-order valence-corrected chi connectivity index (χ4v) is 3.80. The number of aliphatic hydroxyl groups excluding tert-OH is 2. The van der Waals surface area contributed by atoms with E-state index in [1.807, 2.05) is 59.5 Å². The first-order chi connectivity index (χ1) is 16.4. The van der Waals surface area contributed by atoms with Gasteiger partial charge in [-0.3, -0.25) is 19.5 Å². The first-order valence-corrected chi connectivity index (χ1v) is 11.2. The number of aliphatic hydroxyl groups is 2. The first kappa shape index (κ1) is 31.5. The molecule has 0 aliphatic carbocycles. The van der Waals surface area contributed by atoms with Crippen LogP contribution in [-0.2, 0) is 20.8 Å². The average Bonchev–Trinajstić information content (AvgIpc) is 2.91. The largest absolute Gasteiger partial charge is 0.480 e. The molecule has 2 rings (SSSR count). The molecule has 12 heteroatoms. The van der Waals surface area contributed by atoms with E-state index in [0.29, 0.717) is 44.3 Å². The predicted molar refractivity (Wildman–Crippen MR) is 135 cm³/mol. The van der Waals surface area contributed by atoms with Gasteiger partial charge in [0.05, 0.1) is 20.0 Å². The Hall–Kier alpha value is -2.48. The van der Waals surface area contributed by atoms with E-state index in [9.17, 15) is 20.1 Å². The molecule has 1 saturated heterocycles. The molecule has 1 fully saturated rings.